The van der Waals surface area contributed by atoms with E-state index in [1.54, 1.807) is 5.32 Å². The van der Waals surface area contributed by atoms with Crippen molar-refractivity contribution in [2.24, 2.45) is 5.92 Å². The highest BCUT2D eigenvalue weighted by molar-refractivity contribution is 5.67. The molecule has 18 heavy (non-hydrogen) atoms. The lowest BCUT2D eigenvalue weighted by Gasteiger charge is -2.25. The van der Waals surface area contributed by atoms with Gasteiger partial charge in [-0.15, -0.1) is 0 Å². The molecule has 0 unspecified atom stereocenters. The molecule has 4 nitrogen and oxygen atoms in total. The highest BCUT2D eigenvalue weighted by Gasteiger charge is 2.28. The van der Waals surface area contributed by atoms with Gasteiger partial charge in [-0.05, 0) is 38.0 Å². The number of carbonyl (C=O) groups excluding carboxylic acids is 1. The van der Waals surface area contributed by atoms with Crippen LogP contribution in [0.15, 0.2) is 0 Å². The van der Waals surface area contributed by atoms with Gasteiger partial charge in [-0.3, -0.25) is 0 Å². The Hall–Kier alpha value is -0.980. The normalized spacial score (nSPS) is 24.7. The van der Waals surface area contributed by atoms with Crippen molar-refractivity contribution in [2.45, 2.75) is 44.4 Å². The van der Waals surface area contributed by atoms with E-state index in [-0.39, 0.29) is 12.7 Å². The molecule has 0 aromatic rings. The molecule has 0 radical (unpaired) electrons. The van der Waals surface area contributed by atoms with Crippen molar-refractivity contribution in [2.75, 3.05) is 13.2 Å². The maximum atomic E-state index is 11.8. The summed E-state index contributed by atoms with van der Waals surface area (Å²) in [5.41, 5.74) is 0. The molecule has 106 valence electrons. The quantitative estimate of drug-likeness (QED) is 0.822. The summed E-state index contributed by atoms with van der Waals surface area (Å²) in [6.45, 7) is -1.26. The van der Waals surface area contributed by atoms with Gasteiger partial charge >= 0.3 is 12.3 Å². The van der Waals surface area contributed by atoms with Gasteiger partial charge in [0.05, 0.1) is 12.7 Å². The second-order valence-electron chi connectivity index (χ2n) is 4.57. The van der Waals surface area contributed by atoms with Crippen LogP contribution in [-0.4, -0.2) is 36.6 Å². The summed E-state index contributed by atoms with van der Waals surface area (Å²) >= 11 is 0. The lowest BCUT2D eigenvalue weighted by molar-refractivity contribution is -0.123. The highest BCUT2D eigenvalue weighted by atomic mass is 19.4. The summed E-state index contributed by atoms with van der Waals surface area (Å²) in [7, 11) is 0. The van der Waals surface area contributed by atoms with Crippen molar-refractivity contribution in [1.29, 1.82) is 0 Å². The first-order valence-corrected chi connectivity index (χ1v) is 6.02. The van der Waals surface area contributed by atoms with Gasteiger partial charge < -0.3 is 15.2 Å². The monoisotopic (exact) mass is 269 g/mol. The van der Waals surface area contributed by atoms with Gasteiger partial charge in [0.2, 0.25) is 0 Å². The topological polar surface area (TPSA) is 58.6 Å². The van der Waals surface area contributed by atoms with Crippen molar-refractivity contribution >= 4 is 6.09 Å². The number of nitrogens with one attached hydrogen (secondary N) is 1. The second-order valence-corrected chi connectivity index (χ2v) is 4.57. The van der Waals surface area contributed by atoms with E-state index in [1.165, 1.54) is 0 Å². The minimum absolute atomic E-state index is 0.116. The van der Waals surface area contributed by atoms with Crippen LogP contribution < -0.4 is 5.32 Å². The van der Waals surface area contributed by atoms with Gasteiger partial charge in [0.25, 0.3) is 0 Å². The minimum atomic E-state index is -4.42. The molecule has 0 aliphatic heterocycles. The molecule has 0 heterocycles. The van der Waals surface area contributed by atoms with Crippen LogP contribution >= 0.6 is 0 Å². The van der Waals surface area contributed by atoms with Crippen LogP contribution in [0.25, 0.3) is 0 Å². The number of halogens is 3. The standard InChI is InChI=1S/C11H18F3NO3/c12-11(13,14)7-15-10(17)18-6-5-8-1-3-9(16)4-2-8/h8-9,16H,1-7H2,(H,15,17). The van der Waals surface area contributed by atoms with E-state index in [9.17, 15) is 23.1 Å². The first-order chi connectivity index (χ1) is 8.37. The Labute approximate surface area is 103 Å². The number of rotatable bonds is 4. The summed E-state index contributed by atoms with van der Waals surface area (Å²) in [6.07, 6.45) is -1.84. The first-order valence-electron chi connectivity index (χ1n) is 6.02. The van der Waals surface area contributed by atoms with Gasteiger partial charge in [-0.2, -0.15) is 13.2 Å². The van der Waals surface area contributed by atoms with Crippen LogP contribution in [-0.2, 0) is 4.74 Å². The van der Waals surface area contributed by atoms with E-state index in [1.807, 2.05) is 0 Å². The van der Waals surface area contributed by atoms with Crippen LogP contribution in [0, 0.1) is 5.92 Å². The summed E-state index contributed by atoms with van der Waals surface area (Å²) in [5, 5.41) is 10.9. The Morgan fingerprint density at radius 3 is 2.44 bits per heavy atom. The zero-order valence-corrected chi connectivity index (χ0v) is 10.0. The molecule has 1 aliphatic rings. The lowest BCUT2D eigenvalue weighted by atomic mass is 9.86. The van der Waals surface area contributed by atoms with Gasteiger partial charge in [0.1, 0.15) is 6.54 Å². The maximum absolute atomic E-state index is 11.8. The third-order valence-electron chi connectivity index (χ3n) is 3.01. The van der Waals surface area contributed by atoms with Gasteiger partial charge in [-0.1, -0.05) is 0 Å². The molecular formula is C11H18F3NO3. The Morgan fingerprint density at radius 1 is 1.28 bits per heavy atom. The fourth-order valence-electron chi connectivity index (χ4n) is 1.98. The molecule has 0 bridgehead atoms. The molecule has 2 N–H and O–H groups in total. The SMILES string of the molecule is O=C(NCC(F)(F)F)OCCC1CCC(O)CC1. The number of hydrogen-bond acceptors (Lipinski definition) is 3. The molecule has 0 aromatic carbocycles. The van der Waals surface area contributed by atoms with Crippen LogP contribution in [0.2, 0.25) is 0 Å². The smallest absolute Gasteiger partial charge is 0.407 e. The molecule has 0 saturated heterocycles. The number of alkyl carbamates (subject to hydrolysis) is 1. The number of carbonyl (C=O) groups is 1. The van der Waals surface area contributed by atoms with Gasteiger partial charge in [-0.25, -0.2) is 4.79 Å². The van der Waals surface area contributed by atoms with Crippen LogP contribution in [0.4, 0.5) is 18.0 Å². The number of aliphatic hydroxyl groups excluding tert-OH is 1. The van der Waals surface area contributed by atoms with E-state index in [0.717, 1.165) is 25.7 Å². The van der Waals surface area contributed by atoms with E-state index >= 15 is 0 Å². The van der Waals surface area contributed by atoms with Gasteiger partial charge in [0.15, 0.2) is 0 Å². The highest BCUT2D eigenvalue weighted by Crippen LogP contribution is 2.26. The summed E-state index contributed by atoms with van der Waals surface area (Å²) in [6, 6.07) is 0. The molecule has 1 fully saturated rings. The van der Waals surface area contributed by atoms with Crippen LogP contribution in [0.3, 0.4) is 0 Å². The Morgan fingerprint density at radius 2 is 1.89 bits per heavy atom. The summed E-state index contributed by atoms with van der Waals surface area (Å²) in [5.74, 6) is 0.379. The minimum Gasteiger partial charge on any atom is -0.450 e. The average Bonchev–Trinajstić information content (AvgIpc) is 2.28. The zero-order chi connectivity index (χ0) is 13.6. The number of ether oxygens (including phenoxy) is 1. The number of aliphatic hydroxyl groups is 1. The number of amides is 1. The molecular weight excluding hydrogens is 251 g/mol. The molecule has 0 atom stereocenters. The predicted octanol–water partition coefficient (Wildman–Crippen LogP) is 2.22. The fraction of sp³-hybridized carbons (Fsp3) is 0.909. The van der Waals surface area contributed by atoms with Crippen molar-refractivity contribution in [1.82, 2.24) is 5.32 Å². The Balaban J connectivity index is 2.05. The molecule has 0 spiro atoms. The third kappa shape index (κ3) is 6.68. The molecule has 1 rings (SSSR count). The van der Waals surface area contributed by atoms with E-state index in [0.29, 0.717) is 12.3 Å². The Kier molecular flexibility index (Phi) is 5.71. The van der Waals surface area contributed by atoms with Crippen molar-refractivity contribution in [3.8, 4) is 0 Å². The number of alkyl halides is 3. The summed E-state index contributed by atoms with van der Waals surface area (Å²) in [4.78, 5) is 10.9. The van der Waals surface area contributed by atoms with Gasteiger partial charge in [0, 0.05) is 0 Å². The zero-order valence-electron chi connectivity index (χ0n) is 10.0. The molecule has 1 saturated carbocycles. The largest absolute Gasteiger partial charge is 0.450 e. The lowest BCUT2D eigenvalue weighted by Crippen LogP contribution is -2.34. The molecule has 1 aliphatic carbocycles. The van der Waals surface area contributed by atoms with Crippen LogP contribution in [0.1, 0.15) is 32.1 Å². The molecule has 7 heteroatoms. The van der Waals surface area contributed by atoms with Crippen molar-refractivity contribution < 1.29 is 27.8 Å². The van der Waals surface area contributed by atoms with Crippen molar-refractivity contribution in [3.63, 3.8) is 0 Å². The number of hydrogen-bond donors (Lipinski definition) is 2. The maximum Gasteiger partial charge on any atom is 0.407 e. The predicted molar refractivity (Wildman–Crippen MR) is 58.0 cm³/mol. The van der Waals surface area contributed by atoms with Crippen LogP contribution in [0.5, 0.6) is 0 Å². The Bertz CT molecular complexity index is 263. The van der Waals surface area contributed by atoms with E-state index in [2.05, 4.69) is 4.74 Å². The van der Waals surface area contributed by atoms with E-state index < -0.39 is 18.8 Å². The third-order valence-corrected chi connectivity index (χ3v) is 3.01. The van der Waals surface area contributed by atoms with E-state index in [4.69, 9.17) is 0 Å². The average molecular weight is 269 g/mol. The van der Waals surface area contributed by atoms with Crippen molar-refractivity contribution in [3.05, 3.63) is 0 Å². The summed E-state index contributed by atoms with van der Waals surface area (Å²) < 4.78 is 40.0. The fourth-order valence-corrected chi connectivity index (χ4v) is 1.98. The first kappa shape index (κ1) is 15.1. The molecule has 1 amide bonds. The molecule has 0 aromatic heterocycles. The second kappa shape index (κ2) is 6.82.